The molecule has 156 valence electrons. The number of hydrogen-bond acceptors (Lipinski definition) is 8. The highest BCUT2D eigenvalue weighted by Crippen LogP contribution is 2.32. The molecule has 2 aromatic heterocycles. The molecule has 0 aliphatic rings. The van der Waals surface area contributed by atoms with Crippen LogP contribution in [0.2, 0.25) is 0 Å². The van der Waals surface area contributed by atoms with Gasteiger partial charge in [-0.25, -0.2) is 5.43 Å². The van der Waals surface area contributed by atoms with E-state index in [0.29, 0.717) is 29.0 Å². The van der Waals surface area contributed by atoms with Crippen molar-refractivity contribution in [2.75, 3.05) is 20.0 Å². The van der Waals surface area contributed by atoms with Gasteiger partial charge in [-0.15, -0.1) is 10.2 Å². The average Bonchev–Trinajstić information content (AvgIpc) is 3.20. The maximum absolute atomic E-state index is 12.1. The number of nitrogens with one attached hydrogen (secondary N) is 1. The van der Waals surface area contributed by atoms with Crippen molar-refractivity contribution < 1.29 is 14.3 Å². The van der Waals surface area contributed by atoms with Crippen LogP contribution in [0.25, 0.3) is 11.4 Å². The Kier molecular flexibility index (Phi) is 7.39. The number of methoxy groups -OCH3 is 2. The Hall–Kier alpha value is -3.40. The fourth-order valence-corrected chi connectivity index (χ4v) is 3.46. The number of ether oxygens (including phenoxy) is 2. The molecule has 30 heavy (non-hydrogen) atoms. The van der Waals surface area contributed by atoms with Crippen LogP contribution in [0.1, 0.15) is 12.5 Å². The molecule has 10 heteroatoms. The quantitative estimate of drug-likeness (QED) is 0.319. The fraction of sp³-hybridized carbons (Fsp3) is 0.250. The predicted molar refractivity (Wildman–Crippen MR) is 115 cm³/mol. The third kappa shape index (κ3) is 5.15. The van der Waals surface area contributed by atoms with E-state index in [2.05, 4.69) is 25.7 Å². The van der Waals surface area contributed by atoms with Crippen LogP contribution in [0.4, 0.5) is 0 Å². The minimum absolute atomic E-state index is 0.161. The molecule has 1 N–H and O–H groups in total. The number of carbonyl (C=O) groups excluding carboxylic acids is 1. The first-order valence-electron chi connectivity index (χ1n) is 9.16. The molecule has 1 amide bonds. The largest absolute Gasteiger partial charge is 0.493 e. The summed E-state index contributed by atoms with van der Waals surface area (Å²) < 4.78 is 12.6. The number of nitrogens with zero attached hydrogens (tertiary/aromatic N) is 5. The first-order chi connectivity index (χ1) is 14.7. The van der Waals surface area contributed by atoms with Crippen molar-refractivity contribution in [2.24, 2.45) is 5.10 Å². The Balaban J connectivity index is 1.66. The lowest BCUT2D eigenvalue weighted by Gasteiger charge is -2.10. The van der Waals surface area contributed by atoms with Gasteiger partial charge in [0, 0.05) is 30.1 Å². The van der Waals surface area contributed by atoms with E-state index in [1.54, 1.807) is 38.9 Å². The van der Waals surface area contributed by atoms with E-state index >= 15 is 0 Å². The van der Waals surface area contributed by atoms with Gasteiger partial charge in [0.05, 0.1) is 26.2 Å². The van der Waals surface area contributed by atoms with E-state index in [0.717, 1.165) is 11.1 Å². The Labute approximate surface area is 178 Å². The molecule has 0 unspecified atom stereocenters. The van der Waals surface area contributed by atoms with Gasteiger partial charge in [-0.3, -0.25) is 9.78 Å². The summed E-state index contributed by atoms with van der Waals surface area (Å²) in [6.45, 7) is 2.65. The average molecular weight is 427 g/mol. The zero-order valence-corrected chi connectivity index (χ0v) is 17.7. The molecular weight excluding hydrogens is 404 g/mol. The van der Waals surface area contributed by atoms with Crippen LogP contribution < -0.4 is 14.9 Å². The number of aromatic nitrogens is 4. The SMILES string of the molecule is CCn1c(SCC(=O)N/N=C/c2cccnc2)nnc1-c1ccc(OC)c(OC)c1. The fourth-order valence-electron chi connectivity index (χ4n) is 2.66. The first kappa shape index (κ1) is 21.3. The Morgan fingerprint density at radius 2 is 2.07 bits per heavy atom. The number of hydrogen-bond donors (Lipinski definition) is 1. The molecule has 0 atom stereocenters. The molecule has 3 rings (SSSR count). The predicted octanol–water partition coefficient (Wildman–Crippen LogP) is 2.62. The lowest BCUT2D eigenvalue weighted by molar-refractivity contribution is -0.118. The Bertz CT molecular complexity index is 1020. The third-order valence-corrected chi connectivity index (χ3v) is 5.06. The van der Waals surface area contributed by atoms with Crippen LogP contribution in [0.3, 0.4) is 0 Å². The second-order valence-electron chi connectivity index (χ2n) is 5.99. The molecule has 9 nitrogen and oxygen atoms in total. The second kappa shape index (κ2) is 10.4. The molecule has 2 heterocycles. The summed E-state index contributed by atoms with van der Waals surface area (Å²) in [5, 5.41) is 13.1. The van der Waals surface area contributed by atoms with Crippen molar-refractivity contribution >= 4 is 23.9 Å². The summed E-state index contributed by atoms with van der Waals surface area (Å²) in [5.41, 5.74) is 4.15. The van der Waals surface area contributed by atoms with Crippen molar-refractivity contribution in [3.05, 3.63) is 48.3 Å². The maximum Gasteiger partial charge on any atom is 0.250 e. The standard InChI is InChI=1S/C20H22N6O3S/c1-4-26-19(15-7-8-16(28-2)17(10-15)29-3)24-25-20(26)30-13-18(27)23-22-12-14-6-5-9-21-11-14/h5-12H,4,13H2,1-3H3,(H,23,27)/b22-12+. The van der Waals surface area contributed by atoms with E-state index in [9.17, 15) is 4.79 Å². The number of thioether (sulfide) groups is 1. The molecule has 0 saturated heterocycles. The monoisotopic (exact) mass is 426 g/mol. The molecule has 0 fully saturated rings. The molecule has 0 aliphatic heterocycles. The van der Waals surface area contributed by atoms with Crippen molar-refractivity contribution in [3.63, 3.8) is 0 Å². The topological polar surface area (TPSA) is 104 Å². The molecule has 0 radical (unpaired) electrons. The lowest BCUT2D eigenvalue weighted by Crippen LogP contribution is -2.20. The van der Waals surface area contributed by atoms with Gasteiger partial charge in [0.15, 0.2) is 22.5 Å². The molecule has 3 aromatic rings. The molecule has 1 aromatic carbocycles. The van der Waals surface area contributed by atoms with Crippen molar-refractivity contribution in [1.29, 1.82) is 0 Å². The highest BCUT2D eigenvalue weighted by Gasteiger charge is 2.16. The van der Waals surface area contributed by atoms with E-state index < -0.39 is 0 Å². The van der Waals surface area contributed by atoms with Gasteiger partial charge in [0.1, 0.15) is 0 Å². The summed E-state index contributed by atoms with van der Waals surface area (Å²) in [6, 6.07) is 9.21. The number of amides is 1. The van der Waals surface area contributed by atoms with Gasteiger partial charge >= 0.3 is 0 Å². The summed E-state index contributed by atoms with van der Waals surface area (Å²) in [5.74, 6) is 1.87. The highest BCUT2D eigenvalue weighted by molar-refractivity contribution is 7.99. The minimum Gasteiger partial charge on any atom is -0.493 e. The normalized spacial score (nSPS) is 10.9. The molecule has 0 bridgehead atoms. The van der Waals surface area contributed by atoms with Gasteiger partial charge in [0.2, 0.25) is 0 Å². The minimum atomic E-state index is -0.238. The van der Waals surface area contributed by atoms with Crippen LogP contribution in [0.5, 0.6) is 11.5 Å². The van der Waals surface area contributed by atoms with Crippen LogP contribution in [0.15, 0.2) is 53.0 Å². The summed E-state index contributed by atoms with van der Waals surface area (Å²) in [6.07, 6.45) is 4.87. The summed E-state index contributed by atoms with van der Waals surface area (Å²) >= 11 is 1.29. The first-order valence-corrected chi connectivity index (χ1v) is 10.1. The number of pyridine rings is 1. The highest BCUT2D eigenvalue weighted by atomic mass is 32.2. The Morgan fingerprint density at radius 3 is 2.77 bits per heavy atom. The molecule has 0 aliphatic carbocycles. The Morgan fingerprint density at radius 1 is 1.23 bits per heavy atom. The van der Waals surface area contributed by atoms with Crippen LogP contribution in [0, 0.1) is 0 Å². The summed E-state index contributed by atoms with van der Waals surface area (Å²) in [7, 11) is 3.18. The van der Waals surface area contributed by atoms with E-state index in [-0.39, 0.29) is 11.7 Å². The second-order valence-corrected chi connectivity index (χ2v) is 6.93. The molecule has 0 spiro atoms. The van der Waals surface area contributed by atoms with Gasteiger partial charge < -0.3 is 14.0 Å². The van der Waals surface area contributed by atoms with Crippen LogP contribution in [-0.2, 0) is 11.3 Å². The number of hydrazone groups is 1. The van der Waals surface area contributed by atoms with E-state index in [4.69, 9.17) is 9.47 Å². The van der Waals surface area contributed by atoms with Crippen molar-refractivity contribution in [1.82, 2.24) is 25.2 Å². The number of benzene rings is 1. The van der Waals surface area contributed by atoms with Gasteiger partial charge in [-0.2, -0.15) is 5.10 Å². The number of carbonyl (C=O) groups is 1. The summed E-state index contributed by atoms with van der Waals surface area (Å²) in [4.78, 5) is 16.1. The molecule has 0 saturated carbocycles. The van der Waals surface area contributed by atoms with Crippen molar-refractivity contribution in [2.45, 2.75) is 18.6 Å². The maximum atomic E-state index is 12.1. The van der Waals surface area contributed by atoms with Crippen LogP contribution in [-0.4, -0.2) is 51.8 Å². The third-order valence-electron chi connectivity index (χ3n) is 4.09. The molecular formula is C20H22N6O3S. The zero-order chi connectivity index (χ0) is 21.3. The van der Waals surface area contributed by atoms with Gasteiger partial charge in [0.25, 0.3) is 5.91 Å². The number of rotatable bonds is 9. The van der Waals surface area contributed by atoms with E-state index in [1.165, 1.54) is 11.8 Å². The van der Waals surface area contributed by atoms with Crippen LogP contribution >= 0.6 is 11.8 Å². The smallest absolute Gasteiger partial charge is 0.250 e. The van der Waals surface area contributed by atoms with E-state index in [1.807, 2.05) is 35.8 Å². The van der Waals surface area contributed by atoms with Gasteiger partial charge in [-0.05, 0) is 31.2 Å². The zero-order valence-electron chi connectivity index (χ0n) is 16.9. The van der Waals surface area contributed by atoms with Gasteiger partial charge in [-0.1, -0.05) is 17.8 Å². The lowest BCUT2D eigenvalue weighted by atomic mass is 10.2. The van der Waals surface area contributed by atoms with Crippen molar-refractivity contribution in [3.8, 4) is 22.9 Å².